The summed E-state index contributed by atoms with van der Waals surface area (Å²) < 4.78 is 27.1. The van der Waals surface area contributed by atoms with Crippen LogP contribution in [0.1, 0.15) is 46.2 Å². The Morgan fingerprint density at radius 1 is 1.16 bits per heavy atom. The zero-order chi connectivity index (χ0) is 14.4. The monoisotopic (exact) mass is 267 g/mol. The van der Waals surface area contributed by atoms with Crippen LogP contribution in [0.4, 0.5) is 8.78 Å². The molecule has 1 unspecified atom stereocenters. The first-order valence-corrected chi connectivity index (χ1v) is 6.91. The summed E-state index contributed by atoms with van der Waals surface area (Å²) >= 11 is 0. The lowest BCUT2D eigenvalue weighted by atomic mass is 9.96. The molecule has 0 aliphatic heterocycles. The summed E-state index contributed by atoms with van der Waals surface area (Å²) in [5, 5.41) is 3.37. The molecule has 1 atom stereocenters. The lowest BCUT2D eigenvalue weighted by molar-refractivity contribution is 0.402. The van der Waals surface area contributed by atoms with Crippen LogP contribution in [0.25, 0.3) is 0 Å². The van der Waals surface area contributed by atoms with E-state index in [1.807, 2.05) is 6.92 Å². The molecule has 1 aromatic rings. The largest absolute Gasteiger partial charge is 0.310 e. The van der Waals surface area contributed by atoms with Crippen molar-refractivity contribution in [1.29, 1.82) is 0 Å². The van der Waals surface area contributed by atoms with Crippen LogP contribution in [0.3, 0.4) is 0 Å². The maximum atomic E-state index is 14.0. The van der Waals surface area contributed by atoms with E-state index in [-0.39, 0.29) is 16.9 Å². The number of hydrogen-bond donors (Lipinski definition) is 1. The molecule has 1 aliphatic rings. The summed E-state index contributed by atoms with van der Waals surface area (Å²) in [6, 6.07) is 3.82. The molecule has 0 amide bonds. The molecule has 1 aliphatic carbocycles. The molecule has 1 fully saturated rings. The lowest BCUT2D eigenvalue weighted by Crippen LogP contribution is -2.26. The molecule has 3 heteroatoms. The third-order valence-corrected chi connectivity index (χ3v) is 5.19. The van der Waals surface area contributed by atoms with E-state index < -0.39 is 11.6 Å². The van der Waals surface area contributed by atoms with Gasteiger partial charge in [-0.25, -0.2) is 8.78 Å². The van der Waals surface area contributed by atoms with Gasteiger partial charge in [0.1, 0.15) is 11.6 Å². The van der Waals surface area contributed by atoms with E-state index in [0.717, 1.165) is 12.6 Å². The summed E-state index contributed by atoms with van der Waals surface area (Å²) in [7, 11) is 0. The van der Waals surface area contributed by atoms with Crippen LogP contribution in [0.5, 0.6) is 0 Å². The molecule has 2 rings (SSSR count). The van der Waals surface area contributed by atoms with Crippen LogP contribution in [0.15, 0.2) is 18.2 Å². The van der Waals surface area contributed by atoms with Crippen molar-refractivity contribution < 1.29 is 8.78 Å². The number of nitrogens with one attached hydrogen (secondary N) is 1. The van der Waals surface area contributed by atoms with Crippen molar-refractivity contribution in [2.24, 2.45) is 16.7 Å². The van der Waals surface area contributed by atoms with Gasteiger partial charge in [-0.3, -0.25) is 0 Å². The van der Waals surface area contributed by atoms with Gasteiger partial charge < -0.3 is 5.32 Å². The predicted octanol–water partition coefficient (Wildman–Crippen LogP) is 4.30. The molecule has 1 aromatic carbocycles. The topological polar surface area (TPSA) is 12.0 Å². The van der Waals surface area contributed by atoms with Crippen molar-refractivity contribution >= 4 is 0 Å². The quantitative estimate of drug-likeness (QED) is 0.857. The maximum Gasteiger partial charge on any atom is 0.130 e. The third kappa shape index (κ3) is 2.18. The Labute approximate surface area is 114 Å². The van der Waals surface area contributed by atoms with Gasteiger partial charge in [-0.2, -0.15) is 0 Å². The van der Waals surface area contributed by atoms with Gasteiger partial charge in [0.25, 0.3) is 0 Å². The van der Waals surface area contributed by atoms with Crippen molar-refractivity contribution in [2.45, 2.75) is 40.7 Å². The van der Waals surface area contributed by atoms with Crippen molar-refractivity contribution in [1.82, 2.24) is 5.32 Å². The van der Waals surface area contributed by atoms with Crippen molar-refractivity contribution in [3.63, 3.8) is 0 Å². The number of benzene rings is 1. The molecule has 0 aromatic heterocycles. The van der Waals surface area contributed by atoms with Gasteiger partial charge >= 0.3 is 0 Å². The van der Waals surface area contributed by atoms with E-state index in [1.165, 1.54) is 6.07 Å². The molecule has 19 heavy (non-hydrogen) atoms. The minimum Gasteiger partial charge on any atom is -0.310 e. The fourth-order valence-electron chi connectivity index (χ4n) is 3.46. The Morgan fingerprint density at radius 2 is 1.74 bits per heavy atom. The minimum absolute atomic E-state index is 0.0596. The minimum atomic E-state index is -0.522. The van der Waals surface area contributed by atoms with E-state index in [4.69, 9.17) is 0 Å². The number of halogens is 2. The first kappa shape index (κ1) is 14.4. The highest BCUT2D eigenvalue weighted by Gasteiger charge is 2.67. The first-order chi connectivity index (χ1) is 8.73. The highest BCUT2D eigenvalue weighted by Crippen LogP contribution is 2.72. The fourth-order valence-corrected chi connectivity index (χ4v) is 3.46. The molecular weight excluding hydrogens is 244 g/mol. The van der Waals surface area contributed by atoms with E-state index in [0.29, 0.717) is 11.5 Å². The van der Waals surface area contributed by atoms with Crippen LogP contribution in [0, 0.1) is 28.4 Å². The smallest absolute Gasteiger partial charge is 0.130 e. The Morgan fingerprint density at radius 3 is 2.16 bits per heavy atom. The van der Waals surface area contributed by atoms with Gasteiger partial charge in [0.2, 0.25) is 0 Å². The van der Waals surface area contributed by atoms with Crippen LogP contribution < -0.4 is 5.32 Å². The fraction of sp³-hybridized carbons (Fsp3) is 0.625. The van der Waals surface area contributed by atoms with Crippen molar-refractivity contribution in [3.05, 3.63) is 35.4 Å². The summed E-state index contributed by atoms with van der Waals surface area (Å²) in [5.74, 6) is -0.629. The molecular formula is C16H23F2N. The van der Waals surface area contributed by atoms with Crippen LogP contribution in [0.2, 0.25) is 0 Å². The zero-order valence-electron chi connectivity index (χ0n) is 12.3. The Kier molecular flexibility index (Phi) is 3.46. The van der Waals surface area contributed by atoms with Gasteiger partial charge in [-0.05, 0) is 29.4 Å². The highest BCUT2D eigenvalue weighted by molar-refractivity contribution is 5.29. The van der Waals surface area contributed by atoms with Gasteiger partial charge in [0.05, 0.1) is 0 Å². The SMILES string of the molecule is CCNC(c1ccc(F)cc1F)C1C(C)(C)C1(C)C. The van der Waals surface area contributed by atoms with Crippen molar-refractivity contribution in [2.75, 3.05) is 6.54 Å². The Hall–Kier alpha value is -0.960. The molecule has 106 valence electrons. The molecule has 0 bridgehead atoms. The Bertz CT molecular complexity index is 466. The van der Waals surface area contributed by atoms with E-state index in [2.05, 4.69) is 33.0 Å². The van der Waals surface area contributed by atoms with Gasteiger partial charge in [-0.15, -0.1) is 0 Å². The average molecular weight is 267 g/mol. The van der Waals surface area contributed by atoms with Crippen LogP contribution >= 0.6 is 0 Å². The van der Waals surface area contributed by atoms with Crippen LogP contribution in [-0.4, -0.2) is 6.54 Å². The molecule has 0 radical (unpaired) electrons. The van der Waals surface area contributed by atoms with Crippen LogP contribution in [-0.2, 0) is 0 Å². The normalized spacial score (nSPS) is 22.3. The summed E-state index contributed by atoms with van der Waals surface area (Å²) in [4.78, 5) is 0. The standard InChI is InChI=1S/C16H23F2N/c1-6-19-13(14-15(2,3)16(14,4)5)11-8-7-10(17)9-12(11)18/h7-9,13-14,19H,6H2,1-5H3. The highest BCUT2D eigenvalue weighted by atomic mass is 19.1. The molecule has 0 spiro atoms. The second-order valence-electron chi connectivity index (χ2n) is 6.62. The molecule has 0 saturated heterocycles. The molecule has 1 nitrogen and oxygen atoms in total. The lowest BCUT2D eigenvalue weighted by Gasteiger charge is -2.21. The van der Waals surface area contributed by atoms with E-state index in [9.17, 15) is 8.78 Å². The number of hydrogen-bond acceptors (Lipinski definition) is 1. The average Bonchev–Trinajstić information content (AvgIpc) is 2.67. The summed E-state index contributed by atoms with van der Waals surface area (Å²) in [6.45, 7) is 11.6. The summed E-state index contributed by atoms with van der Waals surface area (Å²) in [6.07, 6.45) is 0. The van der Waals surface area contributed by atoms with Gasteiger partial charge in [-0.1, -0.05) is 40.7 Å². The molecule has 0 heterocycles. The number of rotatable bonds is 4. The van der Waals surface area contributed by atoms with E-state index in [1.54, 1.807) is 6.07 Å². The van der Waals surface area contributed by atoms with Gasteiger partial charge in [0.15, 0.2) is 0 Å². The van der Waals surface area contributed by atoms with Gasteiger partial charge in [0, 0.05) is 17.7 Å². The first-order valence-electron chi connectivity index (χ1n) is 6.91. The second kappa shape index (κ2) is 4.55. The molecule has 1 saturated carbocycles. The van der Waals surface area contributed by atoms with E-state index >= 15 is 0 Å². The molecule has 1 N–H and O–H groups in total. The maximum absolute atomic E-state index is 14.0. The second-order valence-corrected chi connectivity index (χ2v) is 6.62. The summed E-state index contributed by atoms with van der Waals surface area (Å²) in [5.41, 5.74) is 0.883. The van der Waals surface area contributed by atoms with Crippen molar-refractivity contribution in [3.8, 4) is 0 Å². The Balaban J connectivity index is 2.37. The third-order valence-electron chi connectivity index (χ3n) is 5.19. The zero-order valence-corrected chi connectivity index (χ0v) is 12.3. The predicted molar refractivity (Wildman–Crippen MR) is 73.8 cm³/mol.